The Morgan fingerprint density at radius 1 is 0.765 bits per heavy atom. The second-order valence-corrected chi connectivity index (χ2v) is 8.01. The van der Waals surface area contributed by atoms with Crippen molar-refractivity contribution in [3.05, 3.63) is 89.7 Å². The molecule has 2 heterocycles. The standard InChI is InChI=1S/C25H17ClF3N5/c26-19-8-7-14(13-18(19)25(27,28)29)33-24-16-3-2-6-21(15(16)9-11-32-24)34-22-10-12-31-23-17(22)4-1-5-20(23)30/h1-13H,30H2,(H,31,34)(H,32,33). The van der Waals surface area contributed by atoms with E-state index in [1.165, 1.54) is 12.1 Å². The predicted molar refractivity (Wildman–Crippen MR) is 131 cm³/mol. The van der Waals surface area contributed by atoms with E-state index in [-0.39, 0.29) is 10.7 Å². The van der Waals surface area contributed by atoms with E-state index in [2.05, 4.69) is 20.6 Å². The van der Waals surface area contributed by atoms with Crippen LogP contribution in [0, 0.1) is 0 Å². The number of nitrogens with two attached hydrogens (primary N) is 1. The summed E-state index contributed by atoms with van der Waals surface area (Å²) >= 11 is 5.74. The summed E-state index contributed by atoms with van der Waals surface area (Å²) in [4.78, 5) is 8.71. The van der Waals surface area contributed by atoms with Crippen molar-refractivity contribution in [2.75, 3.05) is 16.4 Å². The van der Waals surface area contributed by atoms with Crippen LogP contribution in [0.5, 0.6) is 0 Å². The molecule has 170 valence electrons. The third-order valence-corrected chi connectivity index (χ3v) is 5.74. The summed E-state index contributed by atoms with van der Waals surface area (Å²) in [5.41, 5.74) is 8.27. The monoisotopic (exact) mass is 479 g/mol. The van der Waals surface area contributed by atoms with Gasteiger partial charge in [-0.2, -0.15) is 13.2 Å². The van der Waals surface area contributed by atoms with Crippen LogP contribution < -0.4 is 16.4 Å². The van der Waals surface area contributed by atoms with E-state index < -0.39 is 11.7 Å². The Morgan fingerprint density at radius 3 is 2.32 bits per heavy atom. The topological polar surface area (TPSA) is 75.9 Å². The van der Waals surface area contributed by atoms with Crippen molar-refractivity contribution < 1.29 is 13.2 Å². The molecule has 5 nitrogen and oxygen atoms in total. The molecule has 0 aliphatic rings. The number of nitrogens with zero attached hydrogens (tertiary/aromatic N) is 2. The van der Waals surface area contributed by atoms with Gasteiger partial charge in [0.25, 0.3) is 0 Å². The maximum absolute atomic E-state index is 13.3. The summed E-state index contributed by atoms with van der Waals surface area (Å²) < 4.78 is 39.8. The molecule has 3 aromatic carbocycles. The molecule has 2 aromatic heterocycles. The second kappa shape index (κ2) is 8.39. The maximum Gasteiger partial charge on any atom is 0.417 e. The quantitative estimate of drug-likeness (QED) is 0.232. The largest absolute Gasteiger partial charge is 0.417 e. The number of alkyl halides is 3. The van der Waals surface area contributed by atoms with Crippen LogP contribution in [0.3, 0.4) is 0 Å². The average molecular weight is 480 g/mol. The van der Waals surface area contributed by atoms with Gasteiger partial charge in [0.05, 0.1) is 21.8 Å². The van der Waals surface area contributed by atoms with E-state index in [0.29, 0.717) is 17.0 Å². The molecule has 0 unspecified atom stereocenters. The number of nitrogen functional groups attached to an aromatic ring is 1. The Kier molecular flexibility index (Phi) is 5.37. The van der Waals surface area contributed by atoms with Crippen LogP contribution in [0.1, 0.15) is 5.56 Å². The minimum atomic E-state index is -4.56. The Morgan fingerprint density at radius 2 is 1.50 bits per heavy atom. The molecule has 0 spiro atoms. The molecule has 0 aliphatic heterocycles. The molecular weight excluding hydrogens is 463 g/mol. The molecule has 5 rings (SSSR count). The lowest BCUT2D eigenvalue weighted by atomic mass is 10.1. The number of hydrogen-bond acceptors (Lipinski definition) is 5. The van der Waals surface area contributed by atoms with Crippen molar-refractivity contribution in [3.63, 3.8) is 0 Å². The second-order valence-electron chi connectivity index (χ2n) is 7.60. The Balaban J connectivity index is 1.55. The van der Waals surface area contributed by atoms with E-state index in [9.17, 15) is 13.2 Å². The first-order valence-corrected chi connectivity index (χ1v) is 10.6. The van der Waals surface area contributed by atoms with Gasteiger partial charge in [0.1, 0.15) is 5.82 Å². The van der Waals surface area contributed by atoms with Gasteiger partial charge in [-0.25, -0.2) is 4.98 Å². The van der Waals surface area contributed by atoms with Crippen molar-refractivity contribution in [2.45, 2.75) is 6.18 Å². The van der Waals surface area contributed by atoms with Crippen LogP contribution in [0.15, 0.2) is 79.1 Å². The molecule has 0 saturated heterocycles. The number of benzene rings is 3. The summed E-state index contributed by atoms with van der Waals surface area (Å²) in [5, 5.41) is 8.49. The zero-order chi connectivity index (χ0) is 23.9. The van der Waals surface area contributed by atoms with Gasteiger partial charge >= 0.3 is 6.18 Å². The fraction of sp³-hybridized carbons (Fsp3) is 0.0400. The molecule has 0 radical (unpaired) electrons. The number of hydrogen-bond donors (Lipinski definition) is 3. The highest BCUT2D eigenvalue weighted by Crippen LogP contribution is 2.38. The molecule has 34 heavy (non-hydrogen) atoms. The van der Waals surface area contributed by atoms with Crippen LogP contribution in [0.2, 0.25) is 5.02 Å². The first-order valence-electron chi connectivity index (χ1n) is 10.2. The maximum atomic E-state index is 13.3. The Bertz CT molecular complexity index is 1540. The van der Waals surface area contributed by atoms with Crippen molar-refractivity contribution in [2.24, 2.45) is 0 Å². The Labute approximate surface area is 197 Å². The molecule has 0 bridgehead atoms. The molecule has 0 saturated carbocycles. The highest BCUT2D eigenvalue weighted by Gasteiger charge is 2.33. The van der Waals surface area contributed by atoms with Crippen LogP contribution >= 0.6 is 11.6 Å². The molecular formula is C25H17ClF3N5. The molecule has 0 amide bonds. The summed E-state index contributed by atoms with van der Waals surface area (Å²) in [6, 6.07) is 18.5. The van der Waals surface area contributed by atoms with Gasteiger partial charge in [0, 0.05) is 45.6 Å². The summed E-state index contributed by atoms with van der Waals surface area (Å²) in [6.07, 6.45) is -1.28. The number of rotatable bonds is 4. The summed E-state index contributed by atoms with van der Waals surface area (Å²) in [7, 11) is 0. The van der Waals surface area contributed by atoms with Gasteiger partial charge in [0.2, 0.25) is 0 Å². The number of halogens is 4. The van der Waals surface area contributed by atoms with Crippen LogP contribution in [0.4, 0.5) is 41.7 Å². The SMILES string of the molecule is Nc1cccc2c(Nc3cccc4c(Nc5ccc(Cl)c(C(F)(F)F)c5)nccc34)ccnc12. The van der Waals surface area contributed by atoms with E-state index in [0.717, 1.165) is 33.6 Å². The highest BCUT2D eigenvalue weighted by atomic mass is 35.5. The minimum Gasteiger partial charge on any atom is -0.397 e. The third kappa shape index (κ3) is 4.04. The predicted octanol–water partition coefficient (Wildman–Crippen LogP) is 7.52. The van der Waals surface area contributed by atoms with E-state index in [4.69, 9.17) is 17.3 Å². The number of pyridine rings is 2. The van der Waals surface area contributed by atoms with Gasteiger partial charge in [-0.15, -0.1) is 0 Å². The van der Waals surface area contributed by atoms with E-state index in [1.807, 2.05) is 42.5 Å². The minimum absolute atomic E-state index is 0.227. The number of nitrogens with one attached hydrogen (secondary N) is 2. The number of fused-ring (bicyclic) bond motifs is 2. The molecule has 5 aromatic rings. The zero-order valence-electron chi connectivity index (χ0n) is 17.5. The van der Waals surface area contributed by atoms with E-state index >= 15 is 0 Å². The zero-order valence-corrected chi connectivity index (χ0v) is 18.2. The third-order valence-electron chi connectivity index (χ3n) is 5.41. The lowest BCUT2D eigenvalue weighted by Crippen LogP contribution is -2.06. The number of aromatic nitrogens is 2. The van der Waals surface area contributed by atoms with E-state index in [1.54, 1.807) is 18.5 Å². The summed E-state index contributed by atoms with van der Waals surface area (Å²) in [5.74, 6) is 0.417. The normalized spacial score (nSPS) is 11.6. The van der Waals surface area contributed by atoms with Gasteiger partial charge in [-0.1, -0.05) is 35.9 Å². The summed E-state index contributed by atoms with van der Waals surface area (Å²) in [6.45, 7) is 0. The van der Waals surface area contributed by atoms with Crippen molar-refractivity contribution in [1.82, 2.24) is 9.97 Å². The smallest absolute Gasteiger partial charge is 0.397 e. The van der Waals surface area contributed by atoms with Crippen molar-refractivity contribution >= 4 is 61.8 Å². The lowest BCUT2D eigenvalue weighted by Gasteiger charge is -2.15. The fourth-order valence-electron chi connectivity index (χ4n) is 3.83. The van der Waals surface area contributed by atoms with Gasteiger partial charge in [0.15, 0.2) is 0 Å². The van der Waals surface area contributed by atoms with Crippen molar-refractivity contribution in [1.29, 1.82) is 0 Å². The molecule has 0 fully saturated rings. The first-order chi connectivity index (χ1) is 16.3. The average Bonchev–Trinajstić information content (AvgIpc) is 2.81. The van der Waals surface area contributed by atoms with Gasteiger partial charge < -0.3 is 16.4 Å². The lowest BCUT2D eigenvalue weighted by molar-refractivity contribution is -0.137. The molecule has 0 atom stereocenters. The molecule has 0 aliphatic carbocycles. The molecule has 9 heteroatoms. The number of para-hydroxylation sites is 1. The van der Waals surface area contributed by atoms with Crippen molar-refractivity contribution in [3.8, 4) is 0 Å². The fourth-order valence-corrected chi connectivity index (χ4v) is 4.05. The van der Waals surface area contributed by atoms with Gasteiger partial charge in [-0.05, 0) is 42.5 Å². The highest BCUT2D eigenvalue weighted by molar-refractivity contribution is 6.31. The Hall–Kier alpha value is -4.04. The van der Waals surface area contributed by atoms with Crippen LogP contribution in [0.25, 0.3) is 21.7 Å². The molecule has 4 N–H and O–H groups in total. The first kappa shape index (κ1) is 21.8. The van der Waals surface area contributed by atoms with Crippen LogP contribution in [-0.2, 0) is 6.18 Å². The number of anilines is 5. The van der Waals surface area contributed by atoms with Crippen LogP contribution in [-0.4, -0.2) is 9.97 Å². The van der Waals surface area contributed by atoms with Gasteiger partial charge in [-0.3, -0.25) is 4.98 Å².